The normalized spacial score (nSPS) is 43.9. The van der Waals surface area contributed by atoms with Gasteiger partial charge in [0, 0.05) is 6.04 Å². The molecule has 3 aliphatic carbocycles. The molecular formula is C13H23N. The molecule has 0 aromatic heterocycles. The first-order chi connectivity index (χ1) is 6.88. The third kappa shape index (κ3) is 1.32. The molecule has 3 aliphatic rings. The Bertz CT molecular complexity index is 209. The topological polar surface area (TPSA) is 12.0 Å². The van der Waals surface area contributed by atoms with Crippen molar-refractivity contribution in [1.82, 2.24) is 5.32 Å². The van der Waals surface area contributed by atoms with Gasteiger partial charge < -0.3 is 5.32 Å². The fourth-order valence-electron chi connectivity index (χ4n) is 4.33. The van der Waals surface area contributed by atoms with Crippen LogP contribution in [0.5, 0.6) is 0 Å². The molecule has 0 spiro atoms. The van der Waals surface area contributed by atoms with E-state index in [1.54, 1.807) is 25.7 Å². The summed E-state index contributed by atoms with van der Waals surface area (Å²) in [6, 6.07) is 0.874. The Kier molecular flexibility index (Phi) is 2.31. The maximum atomic E-state index is 3.63. The van der Waals surface area contributed by atoms with E-state index in [9.17, 15) is 0 Å². The Balaban J connectivity index is 1.67. The minimum Gasteiger partial charge on any atom is -0.316 e. The molecule has 0 aromatic rings. The predicted molar refractivity (Wildman–Crippen MR) is 59.1 cm³/mol. The van der Waals surface area contributed by atoms with Crippen molar-refractivity contribution in [3.8, 4) is 0 Å². The summed E-state index contributed by atoms with van der Waals surface area (Å²) in [6.07, 6.45) is 10.7. The third-order valence-corrected chi connectivity index (χ3v) is 5.25. The van der Waals surface area contributed by atoms with Crippen LogP contribution < -0.4 is 5.32 Å². The van der Waals surface area contributed by atoms with Gasteiger partial charge in [0.25, 0.3) is 0 Å². The van der Waals surface area contributed by atoms with Crippen molar-refractivity contribution in [2.45, 2.75) is 51.0 Å². The van der Waals surface area contributed by atoms with Gasteiger partial charge >= 0.3 is 0 Å². The second-order valence-electron chi connectivity index (χ2n) is 5.84. The standard InChI is InChI=1S/C13H23N/c1-14-13(10-3-2-4-10)12-8-9-5-6-11(12)7-9/h9-14H,2-8H2,1H3. The van der Waals surface area contributed by atoms with Gasteiger partial charge in [0.05, 0.1) is 0 Å². The Morgan fingerprint density at radius 1 is 1.07 bits per heavy atom. The molecule has 3 saturated carbocycles. The highest BCUT2D eigenvalue weighted by molar-refractivity contribution is 4.98. The number of nitrogens with one attached hydrogen (secondary N) is 1. The van der Waals surface area contributed by atoms with Crippen LogP contribution in [-0.4, -0.2) is 13.1 Å². The van der Waals surface area contributed by atoms with Gasteiger partial charge in [0.1, 0.15) is 0 Å². The summed E-state index contributed by atoms with van der Waals surface area (Å²) in [7, 11) is 2.19. The van der Waals surface area contributed by atoms with Gasteiger partial charge in [-0.05, 0) is 62.8 Å². The summed E-state index contributed by atoms with van der Waals surface area (Å²) in [5.74, 6) is 4.28. The van der Waals surface area contributed by atoms with Crippen molar-refractivity contribution in [3.63, 3.8) is 0 Å². The minimum absolute atomic E-state index is 0.874. The Morgan fingerprint density at radius 3 is 2.36 bits per heavy atom. The average molecular weight is 193 g/mol. The van der Waals surface area contributed by atoms with Crippen LogP contribution in [0.15, 0.2) is 0 Å². The molecule has 80 valence electrons. The van der Waals surface area contributed by atoms with Crippen molar-refractivity contribution < 1.29 is 0 Å². The molecule has 4 atom stereocenters. The first-order valence-corrected chi connectivity index (χ1v) is 6.55. The van der Waals surface area contributed by atoms with Gasteiger partial charge in [-0.1, -0.05) is 12.8 Å². The molecule has 0 aliphatic heterocycles. The lowest BCUT2D eigenvalue weighted by Crippen LogP contribution is -2.44. The molecule has 3 rings (SSSR count). The van der Waals surface area contributed by atoms with Gasteiger partial charge in [-0.25, -0.2) is 0 Å². The second kappa shape index (κ2) is 3.52. The third-order valence-electron chi connectivity index (χ3n) is 5.25. The summed E-state index contributed by atoms with van der Waals surface area (Å²) in [5, 5.41) is 3.63. The lowest BCUT2D eigenvalue weighted by Gasteiger charge is -2.40. The van der Waals surface area contributed by atoms with Crippen molar-refractivity contribution in [1.29, 1.82) is 0 Å². The first kappa shape index (κ1) is 9.21. The zero-order valence-corrected chi connectivity index (χ0v) is 9.34. The molecule has 1 N–H and O–H groups in total. The van der Waals surface area contributed by atoms with Crippen LogP contribution in [0.4, 0.5) is 0 Å². The first-order valence-electron chi connectivity index (χ1n) is 6.55. The largest absolute Gasteiger partial charge is 0.316 e. The molecule has 0 radical (unpaired) electrons. The van der Waals surface area contributed by atoms with Crippen LogP contribution in [0.1, 0.15) is 44.9 Å². The molecule has 0 heterocycles. The molecule has 2 bridgehead atoms. The highest BCUT2D eigenvalue weighted by Crippen LogP contribution is 2.51. The van der Waals surface area contributed by atoms with Crippen LogP contribution in [0.25, 0.3) is 0 Å². The molecule has 0 aromatic carbocycles. The molecule has 1 nitrogen and oxygen atoms in total. The quantitative estimate of drug-likeness (QED) is 0.727. The number of hydrogen-bond acceptors (Lipinski definition) is 1. The van der Waals surface area contributed by atoms with Crippen molar-refractivity contribution in [2.75, 3.05) is 7.05 Å². The second-order valence-corrected chi connectivity index (χ2v) is 5.84. The van der Waals surface area contributed by atoms with E-state index in [4.69, 9.17) is 0 Å². The SMILES string of the molecule is CNC(C1CCC1)C1CC2CCC1C2. The Labute approximate surface area is 87.7 Å². The van der Waals surface area contributed by atoms with E-state index in [0.717, 1.165) is 29.7 Å². The van der Waals surface area contributed by atoms with Crippen molar-refractivity contribution >= 4 is 0 Å². The molecule has 1 heteroatoms. The zero-order chi connectivity index (χ0) is 9.54. The Hall–Kier alpha value is -0.0400. The zero-order valence-electron chi connectivity index (χ0n) is 9.34. The van der Waals surface area contributed by atoms with Gasteiger partial charge in [-0.3, -0.25) is 0 Å². The summed E-state index contributed by atoms with van der Waals surface area (Å²) < 4.78 is 0. The van der Waals surface area contributed by atoms with E-state index in [0.29, 0.717) is 0 Å². The molecule has 0 amide bonds. The van der Waals surface area contributed by atoms with Crippen molar-refractivity contribution in [3.05, 3.63) is 0 Å². The fourth-order valence-corrected chi connectivity index (χ4v) is 4.33. The van der Waals surface area contributed by atoms with E-state index in [-0.39, 0.29) is 0 Å². The summed E-state index contributed by atoms with van der Waals surface area (Å²) in [4.78, 5) is 0. The van der Waals surface area contributed by atoms with E-state index >= 15 is 0 Å². The molecule has 14 heavy (non-hydrogen) atoms. The predicted octanol–water partition coefficient (Wildman–Crippen LogP) is 2.81. The van der Waals surface area contributed by atoms with Crippen LogP contribution in [0.2, 0.25) is 0 Å². The van der Waals surface area contributed by atoms with Crippen LogP contribution >= 0.6 is 0 Å². The van der Waals surface area contributed by atoms with E-state index < -0.39 is 0 Å². The summed E-state index contributed by atoms with van der Waals surface area (Å²) in [6.45, 7) is 0. The average Bonchev–Trinajstić information content (AvgIpc) is 2.71. The summed E-state index contributed by atoms with van der Waals surface area (Å²) >= 11 is 0. The lowest BCUT2D eigenvalue weighted by molar-refractivity contribution is 0.142. The van der Waals surface area contributed by atoms with E-state index in [2.05, 4.69) is 12.4 Å². The van der Waals surface area contributed by atoms with E-state index in [1.807, 2.05) is 0 Å². The molecular weight excluding hydrogens is 170 g/mol. The van der Waals surface area contributed by atoms with Gasteiger partial charge in [0.15, 0.2) is 0 Å². The minimum atomic E-state index is 0.874. The number of hydrogen-bond donors (Lipinski definition) is 1. The molecule has 3 fully saturated rings. The highest BCUT2D eigenvalue weighted by atomic mass is 14.9. The lowest BCUT2D eigenvalue weighted by atomic mass is 9.70. The number of rotatable bonds is 3. The van der Waals surface area contributed by atoms with Crippen LogP contribution in [0, 0.1) is 23.7 Å². The van der Waals surface area contributed by atoms with Crippen LogP contribution in [0.3, 0.4) is 0 Å². The Morgan fingerprint density at radius 2 is 1.93 bits per heavy atom. The van der Waals surface area contributed by atoms with Crippen LogP contribution in [-0.2, 0) is 0 Å². The van der Waals surface area contributed by atoms with Gasteiger partial charge in [0.2, 0.25) is 0 Å². The maximum absolute atomic E-state index is 3.63. The maximum Gasteiger partial charge on any atom is 0.0123 e. The van der Waals surface area contributed by atoms with Gasteiger partial charge in [-0.15, -0.1) is 0 Å². The highest BCUT2D eigenvalue weighted by Gasteiger charge is 2.45. The molecule has 4 unspecified atom stereocenters. The monoisotopic (exact) mass is 193 g/mol. The molecule has 0 saturated heterocycles. The smallest absolute Gasteiger partial charge is 0.0123 e. The van der Waals surface area contributed by atoms with Gasteiger partial charge in [-0.2, -0.15) is 0 Å². The van der Waals surface area contributed by atoms with E-state index in [1.165, 1.54) is 19.3 Å². The number of fused-ring (bicyclic) bond motifs is 2. The van der Waals surface area contributed by atoms with Crippen molar-refractivity contribution in [2.24, 2.45) is 23.7 Å². The fraction of sp³-hybridized carbons (Fsp3) is 1.00. The summed E-state index contributed by atoms with van der Waals surface area (Å²) in [5.41, 5.74) is 0.